The highest BCUT2D eigenvalue weighted by molar-refractivity contribution is 5.76. The fourth-order valence-corrected chi connectivity index (χ4v) is 3.45. The van der Waals surface area contributed by atoms with E-state index in [0.717, 1.165) is 5.69 Å². The van der Waals surface area contributed by atoms with E-state index in [1.54, 1.807) is 19.9 Å². The number of hydrogen-bond acceptors (Lipinski definition) is 9. The monoisotopic (exact) mass is 482 g/mol. The molecule has 1 aromatic carbocycles. The van der Waals surface area contributed by atoms with Gasteiger partial charge >= 0.3 is 17.9 Å². The van der Waals surface area contributed by atoms with Gasteiger partial charge in [-0.25, -0.2) is 9.78 Å². The zero-order valence-corrected chi connectivity index (χ0v) is 20.6. The Morgan fingerprint density at radius 1 is 1.00 bits per heavy atom. The number of aryl methyl sites for hydroxylation is 3. The first kappa shape index (κ1) is 27.4. The molecule has 0 saturated heterocycles. The zero-order chi connectivity index (χ0) is 26.3. The lowest BCUT2D eigenvalue weighted by atomic mass is 9.92. The number of benzene rings is 1. The Morgan fingerprint density at radius 3 is 2.17 bits per heavy atom. The molecular formula is C26H30N2O7. The summed E-state index contributed by atoms with van der Waals surface area (Å²) in [5.41, 5.74) is 1.44. The number of ether oxygens (including phenoxy) is 3. The normalized spacial score (nSPS) is 13.2. The van der Waals surface area contributed by atoms with Crippen molar-refractivity contribution in [2.24, 2.45) is 0 Å². The van der Waals surface area contributed by atoms with Crippen LogP contribution in [-0.2, 0) is 31.1 Å². The van der Waals surface area contributed by atoms with Crippen molar-refractivity contribution in [3.8, 4) is 11.5 Å². The number of aromatic nitrogens is 2. The van der Waals surface area contributed by atoms with E-state index in [4.69, 9.17) is 14.2 Å². The number of aliphatic hydroxyl groups excluding tert-OH is 1. The van der Waals surface area contributed by atoms with Crippen LogP contribution in [-0.4, -0.2) is 39.1 Å². The summed E-state index contributed by atoms with van der Waals surface area (Å²) in [7, 11) is 0. The quantitative estimate of drug-likeness (QED) is 0.308. The van der Waals surface area contributed by atoms with Crippen LogP contribution in [0.3, 0.4) is 0 Å². The summed E-state index contributed by atoms with van der Waals surface area (Å²) < 4.78 is 15.9. The third-order valence-corrected chi connectivity index (χ3v) is 5.16. The van der Waals surface area contributed by atoms with E-state index in [9.17, 15) is 19.5 Å². The lowest BCUT2D eigenvalue weighted by molar-refractivity contribution is -0.166. The molecule has 0 aliphatic heterocycles. The second-order valence-corrected chi connectivity index (χ2v) is 8.02. The van der Waals surface area contributed by atoms with E-state index < -0.39 is 29.6 Å². The summed E-state index contributed by atoms with van der Waals surface area (Å²) in [6, 6.07) is 4.34. The summed E-state index contributed by atoms with van der Waals surface area (Å²) in [4.78, 5) is 44.7. The van der Waals surface area contributed by atoms with Crippen LogP contribution in [0.4, 0.5) is 0 Å². The van der Waals surface area contributed by atoms with Gasteiger partial charge in [0.2, 0.25) is 0 Å². The van der Waals surface area contributed by atoms with Gasteiger partial charge in [-0.2, -0.15) is 0 Å². The Morgan fingerprint density at radius 2 is 1.60 bits per heavy atom. The Bertz CT molecular complexity index is 1160. The van der Waals surface area contributed by atoms with Crippen LogP contribution in [0.5, 0.6) is 11.5 Å². The number of esters is 3. The molecule has 0 aliphatic carbocycles. The molecule has 35 heavy (non-hydrogen) atoms. The number of aliphatic hydroxyl groups is 1. The maximum absolute atomic E-state index is 13.0. The van der Waals surface area contributed by atoms with Crippen molar-refractivity contribution in [1.29, 1.82) is 0 Å². The molecule has 1 N–H and O–H groups in total. The Hall–Kier alpha value is -3.85. The van der Waals surface area contributed by atoms with Crippen LogP contribution < -0.4 is 9.47 Å². The minimum Gasteiger partial charge on any atom is -0.446 e. The van der Waals surface area contributed by atoms with Gasteiger partial charge in [0.1, 0.15) is 5.69 Å². The Labute approximate surface area is 204 Å². The van der Waals surface area contributed by atoms with Crippen LogP contribution in [0, 0.1) is 20.8 Å². The first-order valence-corrected chi connectivity index (χ1v) is 10.9. The van der Waals surface area contributed by atoms with Gasteiger partial charge in [0.05, 0.1) is 17.1 Å². The lowest BCUT2D eigenvalue weighted by Crippen LogP contribution is -2.37. The molecular weight excluding hydrogens is 452 g/mol. The van der Waals surface area contributed by atoms with Crippen molar-refractivity contribution < 1.29 is 33.7 Å². The molecule has 2 aromatic rings. The highest BCUT2D eigenvalue weighted by Gasteiger charge is 2.38. The number of carbonyl (C=O) groups excluding carboxylic acids is 3. The summed E-state index contributed by atoms with van der Waals surface area (Å²) in [6.45, 7) is 15.4. The van der Waals surface area contributed by atoms with Crippen LogP contribution in [0.25, 0.3) is 0 Å². The maximum atomic E-state index is 13.0. The van der Waals surface area contributed by atoms with Crippen molar-refractivity contribution in [2.75, 3.05) is 0 Å². The molecule has 1 heterocycles. The molecule has 2 atom stereocenters. The topological polar surface area (TPSA) is 125 Å². The standard InChI is InChI=1S/C26H30N2O7/c1-8-12-26(9-2,24-17(5)27-15(3)16(4)28-24)35-25(32)21(31)13-20-10-11-22(33-18(6)29)23(14-20)34-19(7)30/h8-11,14,21,31H,1-2,12-13H2,3-7H3/t21-,26?/m1/s1. The Kier molecular flexibility index (Phi) is 9.02. The average Bonchev–Trinajstić information content (AvgIpc) is 2.77. The molecule has 0 bridgehead atoms. The van der Waals surface area contributed by atoms with Gasteiger partial charge in [0.15, 0.2) is 23.2 Å². The van der Waals surface area contributed by atoms with E-state index in [1.807, 2.05) is 6.92 Å². The minimum atomic E-state index is -1.57. The van der Waals surface area contributed by atoms with E-state index >= 15 is 0 Å². The van der Waals surface area contributed by atoms with Gasteiger partial charge in [-0.3, -0.25) is 14.6 Å². The van der Waals surface area contributed by atoms with Gasteiger partial charge < -0.3 is 19.3 Å². The molecule has 1 unspecified atom stereocenters. The Balaban J connectivity index is 2.33. The third kappa shape index (κ3) is 6.83. The van der Waals surface area contributed by atoms with Crippen LogP contribution in [0.2, 0.25) is 0 Å². The zero-order valence-electron chi connectivity index (χ0n) is 20.6. The highest BCUT2D eigenvalue weighted by atomic mass is 16.6. The van der Waals surface area contributed by atoms with Crippen LogP contribution >= 0.6 is 0 Å². The first-order valence-electron chi connectivity index (χ1n) is 10.9. The largest absolute Gasteiger partial charge is 0.446 e. The number of nitrogens with zero attached hydrogens (tertiary/aromatic N) is 2. The molecule has 0 saturated carbocycles. The lowest BCUT2D eigenvalue weighted by Gasteiger charge is -2.31. The van der Waals surface area contributed by atoms with E-state index in [0.29, 0.717) is 22.6 Å². The van der Waals surface area contributed by atoms with Crippen LogP contribution in [0.1, 0.15) is 48.6 Å². The average molecular weight is 483 g/mol. The molecule has 1 aromatic heterocycles. The fraction of sp³-hybridized carbons (Fsp3) is 0.346. The maximum Gasteiger partial charge on any atom is 0.336 e. The van der Waals surface area contributed by atoms with E-state index in [-0.39, 0.29) is 24.3 Å². The predicted octanol–water partition coefficient (Wildman–Crippen LogP) is 3.36. The molecule has 0 amide bonds. The predicted molar refractivity (Wildman–Crippen MR) is 128 cm³/mol. The van der Waals surface area contributed by atoms with E-state index in [1.165, 1.54) is 38.1 Å². The molecule has 0 aliphatic rings. The first-order chi connectivity index (χ1) is 16.4. The van der Waals surface area contributed by atoms with Gasteiger partial charge in [-0.15, -0.1) is 6.58 Å². The van der Waals surface area contributed by atoms with Gasteiger partial charge in [-0.05, 0) is 44.5 Å². The second-order valence-electron chi connectivity index (χ2n) is 8.02. The summed E-state index contributed by atoms with van der Waals surface area (Å²) >= 11 is 0. The van der Waals surface area contributed by atoms with Crippen molar-refractivity contribution in [1.82, 2.24) is 9.97 Å². The smallest absolute Gasteiger partial charge is 0.336 e. The van der Waals surface area contributed by atoms with Gasteiger partial charge in [0, 0.05) is 26.7 Å². The molecule has 0 spiro atoms. The van der Waals surface area contributed by atoms with Crippen molar-refractivity contribution in [2.45, 2.75) is 59.2 Å². The van der Waals surface area contributed by atoms with Gasteiger partial charge in [0.25, 0.3) is 0 Å². The molecule has 9 heteroatoms. The molecule has 0 fully saturated rings. The molecule has 9 nitrogen and oxygen atoms in total. The van der Waals surface area contributed by atoms with E-state index in [2.05, 4.69) is 23.1 Å². The number of rotatable bonds is 10. The van der Waals surface area contributed by atoms with Gasteiger partial charge in [-0.1, -0.05) is 18.7 Å². The molecule has 2 rings (SSSR count). The SMILES string of the molecule is C=CCC(C=C)(OC(=O)[C@H](O)Cc1ccc(OC(C)=O)c(OC(C)=O)c1)c1nc(C)c(C)nc1C. The van der Waals surface area contributed by atoms with Crippen molar-refractivity contribution in [3.05, 3.63) is 71.8 Å². The number of hydrogen-bond donors (Lipinski definition) is 1. The summed E-state index contributed by atoms with van der Waals surface area (Å²) in [5, 5.41) is 10.6. The molecule has 186 valence electrons. The minimum absolute atomic E-state index is 0.0149. The summed E-state index contributed by atoms with van der Waals surface area (Å²) in [5.74, 6) is -2.11. The highest BCUT2D eigenvalue weighted by Crippen LogP contribution is 2.34. The van der Waals surface area contributed by atoms with Crippen molar-refractivity contribution >= 4 is 17.9 Å². The fourth-order valence-electron chi connectivity index (χ4n) is 3.45. The third-order valence-electron chi connectivity index (χ3n) is 5.16. The summed E-state index contributed by atoms with van der Waals surface area (Å²) in [6.07, 6.45) is 1.45. The second kappa shape index (κ2) is 11.5. The number of carbonyl (C=O) groups is 3. The van der Waals surface area contributed by atoms with Crippen LogP contribution in [0.15, 0.2) is 43.5 Å². The molecule has 0 radical (unpaired) electrons. The van der Waals surface area contributed by atoms with Crippen molar-refractivity contribution in [3.63, 3.8) is 0 Å².